The minimum atomic E-state index is 0.837. The molecule has 0 aliphatic rings. The van der Waals surface area contributed by atoms with Gasteiger partial charge in [-0.1, -0.05) is 12.1 Å². The van der Waals surface area contributed by atoms with Crippen LogP contribution in [-0.2, 0) is 0 Å². The Bertz CT molecular complexity index is 590. The van der Waals surface area contributed by atoms with Crippen molar-refractivity contribution in [2.45, 2.75) is 0 Å². The Morgan fingerprint density at radius 1 is 1.00 bits per heavy atom. The molecular formula is C11H7N3S. The van der Waals surface area contributed by atoms with Gasteiger partial charge in [-0.3, -0.25) is 4.98 Å². The van der Waals surface area contributed by atoms with Crippen LogP contribution in [0.4, 0.5) is 0 Å². The van der Waals surface area contributed by atoms with Crippen LogP contribution in [0.5, 0.6) is 0 Å². The van der Waals surface area contributed by atoms with Crippen molar-refractivity contribution in [3.63, 3.8) is 0 Å². The third-order valence-corrected chi connectivity index (χ3v) is 2.90. The van der Waals surface area contributed by atoms with E-state index in [0.717, 1.165) is 21.7 Å². The molecule has 0 saturated carbocycles. The average Bonchev–Trinajstić information content (AvgIpc) is 2.82. The topological polar surface area (TPSA) is 38.7 Å². The highest BCUT2D eigenvalue weighted by Gasteiger charge is 2.03. The van der Waals surface area contributed by atoms with E-state index < -0.39 is 0 Å². The first-order valence-electron chi connectivity index (χ1n) is 4.55. The van der Waals surface area contributed by atoms with Crippen molar-refractivity contribution in [2.24, 2.45) is 0 Å². The first-order chi connectivity index (χ1) is 7.43. The summed E-state index contributed by atoms with van der Waals surface area (Å²) in [5.41, 5.74) is 2.66. The monoisotopic (exact) mass is 213 g/mol. The summed E-state index contributed by atoms with van der Waals surface area (Å²) in [4.78, 5) is 13.1. The van der Waals surface area contributed by atoms with Gasteiger partial charge in [-0.05, 0) is 12.1 Å². The minimum absolute atomic E-state index is 0.837. The van der Waals surface area contributed by atoms with Crippen LogP contribution in [0.3, 0.4) is 0 Å². The number of hydrogen-bond donors (Lipinski definition) is 0. The highest BCUT2D eigenvalue weighted by atomic mass is 32.1. The summed E-state index contributed by atoms with van der Waals surface area (Å²) in [6, 6.07) is 7.83. The Morgan fingerprint density at radius 2 is 1.87 bits per heavy atom. The molecule has 3 aromatic rings. The van der Waals surface area contributed by atoms with Gasteiger partial charge in [-0.2, -0.15) is 0 Å². The SMILES string of the molecule is c1ccc2nc(-c3nccs3)cnc2c1. The van der Waals surface area contributed by atoms with Gasteiger partial charge in [-0.25, -0.2) is 9.97 Å². The van der Waals surface area contributed by atoms with Crippen LogP contribution in [0.15, 0.2) is 42.0 Å². The van der Waals surface area contributed by atoms with Crippen LogP contribution >= 0.6 is 11.3 Å². The average molecular weight is 213 g/mol. The van der Waals surface area contributed by atoms with Gasteiger partial charge < -0.3 is 0 Å². The smallest absolute Gasteiger partial charge is 0.143 e. The van der Waals surface area contributed by atoms with Crippen LogP contribution in [0, 0.1) is 0 Å². The van der Waals surface area contributed by atoms with E-state index in [0.29, 0.717) is 0 Å². The van der Waals surface area contributed by atoms with Crippen LogP contribution in [0.2, 0.25) is 0 Å². The maximum absolute atomic E-state index is 4.50. The van der Waals surface area contributed by atoms with Gasteiger partial charge in [0.25, 0.3) is 0 Å². The van der Waals surface area contributed by atoms with E-state index in [4.69, 9.17) is 0 Å². The van der Waals surface area contributed by atoms with Gasteiger partial charge in [0.2, 0.25) is 0 Å². The maximum atomic E-state index is 4.50. The number of para-hydroxylation sites is 2. The molecule has 15 heavy (non-hydrogen) atoms. The Labute approximate surface area is 90.5 Å². The third kappa shape index (κ3) is 1.49. The predicted molar refractivity (Wildman–Crippen MR) is 60.6 cm³/mol. The summed E-state index contributed by atoms with van der Waals surface area (Å²) in [6.07, 6.45) is 3.54. The summed E-state index contributed by atoms with van der Waals surface area (Å²) in [5.74, 6) is 0. The first-order valence-corrected chi connectivity index (χ1v) is 5.43. The zero-order valence-corrected chi connectivity index (χ0v) is 8.61. The fraction of sp³-hybridized carbons (Fsp3) is 0. The number of benzene rings is 1. The lowest BCUT2D eigenvalue weighted by Gasteiger charge is -1.98. The maximum Gasteiger partial charge on any atom is 0.143 e. The molecule has 0 N–H and O–H groups in total. The Morgan fingerprint density at radius 3 is 2.67 bits per heavy atom. The highest BCUT2D eigenvalue weighted by molar-refractivity contribution is 7.13. The molecule has 0 unspecified atom stereocenters. The van der Waals surface area contributed by atoms with Crippen molar-refractivity contribution in [1.29, 1.82) is 0 Å². The number of aromatic nitrogens is 3. The second-order valence-corrected chi connectivity index (χ2v) is 3.98. The van der Waals surface area contributed by atoms with Gasteiger partial charge >= 0.3 is 0 Å². The molecule has 0 saturated heterocycles. The Balaban J connectivity index is 2.22. The molecule has 2 heterocycles. The largest absolute Gasteiger partial charge is 0.252 e. The van der Waals surface area contributed by atoms with E-state index in [1.165, 1.54) is 0 Å². The number of rotatable bonds is 1. The molecule has 0 radical (unpaired) electrons. The Hall–Kier alpha value is -1.81. The molecule has 0 aliphatic carbocycles. The molecule has 3 nitrogen and oxygen atoms in total. The van der Waals surface area contributed by atoms with E-state index in [-0.39, 0.29) is 0 Å². The van der Waals surface area contributed by atoms with Crippen molar-refractivity contribution in [3.05, 3.63) is 42.0 Å². The van der Waals surface area contributed by atoms with Crippen molar-refractivity contribution in [2.75, 3.05) is 0 Å². The quantitative estimate of drug-likeness (QED) is 0.624. The zero-order chi connectivity index (χ0) is 10.1. The summed E-state index contributed by atoms with van der Waals surface area (Å²) >= 11 is 1.57. The van der Waals surface area contributed by atoms with E-state index >= 15 is 0 Å². The van der Waals surface area contributed by atoms with Crippen LogP contribution in [0.1, 0.15) is 0 Å². The van der Waals surface area contributed by atoms with E-state index in [1.54, 1.807) is 23.7 Å². The van der Waals surface area contributed by atoms with Gasteiger partial charge in [0, 0.05) is 11.6 Å². The molecule has 0 atom stereocenters. The lowest BCUT2D eigenvalue weighted by atomic mass is 10.3. The van der Waals surface area contributed by atoms with Crippen molar-refractivity contribution < 1.29 is 0 Å². The van der Waals surface area contributed by atoms with E-state index in [1.807, 2.05) is 29.6 Å². The molecule has 0 fully saturated rings. The predicted octanol–water partition coefficient (Wildman–Crippen LogP) is 2.75. The van der Waals surface area contributed by atoms with Crippen molar-refractivity contribution >= 4 is 22.4 Å². The molecule has 1 aromatic carbocycles. The number of nitrogens with zero attached hydrogens (tertiary/aromatic N) is 3. The van der Waals surface area contributed by atoms with Crippen LogP contribution < -0.4 is 0 Å². The summed E-state index contributed by atoms with van der Waals surface area (Å²) in [5, 5.41) is 2.85. The van der Waals surface area contributed by atoms with Gasteiger partial charge in [0.15, 0.2) is 0 Å². The second-order valence-electron chi connectivity index (χ2n) is 3.08. The van der Waals surface area contributed by atoms with Crippen LogP contribution in [0.25, 0.3) is 21.7 Å². The summed E-state index contributed by atoms with van der Waals surface area (Å²) < 4.78 is 0. The van der Waals surface area contributed by atoms with Crippen LogP contribution in [-0.4, -0.2) is 15.0 Å². The molecule has 2 aromatic heterocycles. The molecule has 3 rings (SSSR count). The van der Waals surface area contributed by atoms with Gasteiger partial charge in [-0.15, -0.1) is 11.3 Å². The molecule has 0 spiro atoms. The molecule has 4 heteroatoms. The lowest BCUT2D eigenvalue weighted by Crippen LogP contribution is -1.87. The fourth-order valence-electron chi connectivity index (χ4n) is 1.41. The molecule has 0 bridgehead atoms. The first kappa shape index (κ1) is 8.49. The van der Waals surface area contributed by atoms with Gasteiger partial charge in [0.05, 0.1) is 17.2 Å². The fourth-order valence-corrected chi connectivity index (χ4v) is 2.00. The zero-order valence-electron chi connectivity index (χ0n) is 7.79. The number of thiazole rings is 1. The molecule has 0 amide bonds. The highest BCUT2D eigenvalue weighted by Crippen LogP contribution is 2.20. The molecule has 0 aliphatic heterocycles. The minimum Gasteiger partial charge on any atom is -0.252 e. The van der Waals surface area contributed by atoms with Crippen molar-refractivity contribution in [3.8, 4) is 10.7 Å². The summed E-state index contributed by atoms with van der Waals surface area (Å²) in [6.45, 7) is 0. The number of hydrogen-bond acceptors (Lipinski definition) is 4. The summed E-state index contributed by atoms with van der Waals surface area (Å²) in [7, 11) is 0. The standard InChI is InChI=1S/C11H7N3S/c1-2-4-9-8(3-1)13-7-10(14-9)11-12-5-6-15-11/h1-7H. The van der Waals surface area contributed by atoms with E-state index in [9.17, 15) is 0 Å². The molecular weight excluding hydrogens is 206 g/mol. The lowest BCUT2D eigenvalue weighted by molar-refractivity contribution is 1.27. The normalized spacial score (nSPS) is 10.7. The Kier molecular flexibility index (Phi) is 1.93. The second kappa shape index (κ2) is 3.40. The molecule has 72 valence electrons. The van der Waals surface area contributed by atoms with E-state index in [2.05, 4.69) is 15.0 Å². The van der Waals surface area contributed by atoms with Gasteiger partial charge in [0.1, 0.15) is 10.7 Å². The third-order valence-electron chi connectivity index (χ3n) is 2.10. The van der Waals surface area contributed by atoms with Crippen molar-refractivity contribution in [1.82, 2.24) is 15.0 Å². The number of fused-ring (bicyclic) bond motifs is 1.